The molecular weight excluding hydrogens is 248 g/mol. The maximum Gasteiger partial charge on any atom is 0.407 e. The van der Waals surface area contributed by atoms with Crippen molar-refractivity contribution in [1.29, 1.82) is 0 Å². The lowest BCUT2D eigenvalue weighted by molar-refractivity contribution is 0.0524. The van der Waals surface area contributed by atoms with Gasteiger partial charge < -0.3 is 15.0 Å². The van der Waals surface area contributed by atoms with E-state index in [1.54, 1.807) is 11.3 Å². The molecule has 1 aromatic heterocycles. The van der Waals surface area contributed by atoms with Crippen molar-refractivity contribution >= 4 is 17.4 Å². The van der Waals surface area contributed by atoms with Crippen molar-refractivity contribution in [1.82, 2.24) is 10.2 Å². The second kappa shape index (κ2) is 6.20. The van der Waals surface area contributed by atoms with Gasteiger partial charge in [0, 0.05) is 16.3 Å². The molecule has 0 atom stereocenters. The van der Waals surface area contributed by atoms with Gasteiger partial charge in [-0.2, -0.15) is 0 Å². The molecule has 1 amide bonds. The van der Waals surface area contributed by atoms with Gasteiger partial charge in [0.2, 0.25) is 0 Å². The summed E-state index contributed by atoms with van der Waals surface area (Å²) in [6, 6.07) is 4.14. The first-order chi connectivity index (χ1) is 8.26. The normalized spacial score (nSPS) is 11.7. The van der Waals surface area contributed by atoms with E-state index in [2.05, 4.69) is 16.3 Å². The molecule has 0 aliphatic heterocycles. The van der Waals surface area contributed by atoms with Gasteiger partial charge in [-0.05, 0) is 47.0 Å². The van der Waals surface area contributed by atoms with Crippen LogP contribution in [-0.4, -0.2) is 30.7 Å². The number of ether oxygens (including phenoxy) is 1. The topological polar surface area (TPSA) is 41.6 Å². The first-order valence-electron chi connectivity index (χ1n) is 5.95. The fourth-order valence-corrected chi connectivity index (χ4v) is 2.46. The van der Waals surface area contributed by atoms with E-state index in [1.165, 1.54) is 4.88 Å². The summed E-state index contributed by atoms with van der Waals surface area (Å²) in [7, 11) is 4.08. The SMILES string of the molecule is CN(C)Cc1ccc(CNC(=O)OC(C)(C)C)s1. The second-order valence-electron chi connectivity index (χ2n) is 5.46. The number of carbonyl (C=O) groups is 1. The molecule has 0 saturated heterocycles. The number of alkyl carbamates (subject to hydrolysis) is 1. The van der Waals surface area contributed by atoms with Gasteiger partial charge in [-0.3, -0.25) is 0 Å². The molecule has 0 aliphatic rings. The van der Waals surface area contributed by atoms with E-state index in [0.717, 1.165) is 11.4 Å². The Hall–Kier alpha value is -1.07. The third-order valence-corrected chi connectivity index (χ3v) is 3.07. The Morgan fingerprint density at radius 2 is 1.94 bits per heavy atom. The average Bonchev–Trinajstić information content (AvgIpc) is 2.59. The van der Waals surface area contributed by atoms with Crippen molar-refractivity contribution in [3.63, 3.8) is 0 Å². The maximum atomic E-state index is 11.5. The Labute approximate surface area is 113 Å². The maximum absolute atomic E-state index is 11.5. The predicted octanol–water partition coefficient (Wildman–Crippen LogP) is 2.83. The van der Waals surface area contributed by atoms with Crippen LogP contribution in [0, 0.1) is 0 Å². The van der Waals surface area contributed by atoms with Crippen molar-refractivity contribution in [2.45, 2.75) is 39.5 Å². The van der Waals surface area contributed by atoms with E-state index in [0.29, 0.717) is 6.54 Å². The molecule has 0 fully saturated rings. The van der Waals surface area contributed by atoms with Gasteiger partial charge in [0.05, 0.1) is 6.54 Å². The summed E-state index contributed by atoms with van der Waals surface area (Å²) in [5, 5.41) is 2.76. The molecule has 4 nitrogen and oxygen atoms in total. The molecule has 0 unspecified atom stereocenters. The minimum Gasteiger partial charge on any atom is -0.444 e. The Balaban J connectivity index is 2.39. The van der Waals surface area contributed by atoms with Gasteiger partial charge in [0.1, 0.15) is 5.60 Å². The number of amides is 1. The molecular formula is C13H22N2O2S. The van der Waals surface area contributed by atoms with Crippen LogP contribution in [0.25, 0.3) is 0 Å². The molecule has 1 N–H and O–H groups in total. The molecule has 0 aliphatic carbocycles. The summed E-state index contributed by atoms with van der Waals surface area (Å²) in [5.74, 6) is 0. The zero-order valence-corrected chi connectivity index (χ0v) is 12.6. The molecule has 0 radical (unpaired) electrons. The van der Waals surface area contributed by atoms with Crippen LogP contribution >= 0.6 is 11.3 Å². The van der Waals surface area contributed by atoms with E-state index in [9.17, 15) is 4.79 Å². The fraction of sp³-hybridized carbons (Fsp3) is 0.615. The number of nitrogens with zero attached hydrogens (tertiary/aromatic N) is 1. The second-order valence-corrected chi connectivity index (χ2v) is 6.71. The quantitative estimate of drug-likeness (QED) is 0.914. The van der Waals surface area contributed by atoms with Crippen LogP contribution in [0.2, 0.25) is 0 Å². The van der Waals surface area contributed by atoms with Crippen molar-refractivity contribution in [2.75, 3.05) is 14.1 Å². The Morgan fingerprint density at radius 1 is 1.33 bits per heavy atom. The van der Waals surface area contributed by atoms with Crippen molar-refractivity contribution in [3.8, 4) is 0 Å². The monoisotopic (exact) mass is 270 g/mol. The van der Waals surface area contributed by atoms with E-state index in [1.807, 2.05) is 40.9 Å². The molecule has 102 valence electrons. The molecule has 0 aromatic carbocycles. The Bertz CT molecular complexity index is 394. The molecule has 1 aromatic rings. The molecule has 1 rings (SSSR count). The minimum absolute atomic E-state index is 0.370. The summed E-state index contributed by atoms with van der Waals surface area (Å²) < 4.78 is 5.18. The summed E-state index contributed by atoms with van der Waals surface area (Å²) in [6.07, 6.45) is -0.370. The van der Waals surface area contributed by atoms with Crippen LogP contribution in [-0.2, 0) is 17.8 Å². The summed E-state index contributed by atoms with van der Waals surface area (Å²) in [5.41, 5.74) is -0.449. The van der Waals surface area contributed by atoms with Gasteiger partial charge in [-0.25, -0.2) is 4.79 Å². The van der Waals surface area contributed by atoms with Crippen molar-refractivity contribution in [2.24, 2.45) is 0 Å². The zero-order valence-electron chi connectivity index (χ0n) is 11.7. The Morgan fingerprint density at radius 3 is 2.50 bits per heavy atom. The third-order valence-electron chi connectivity index (χ3n) is 2.00. The zero-order chi connectivity index (χ0) is 13.8. The van der Waals surface area contributed by atoms with E-state index in [-0.39, 0.29) is 6.09 Å². The summed E-state index contributed by atoms with van der Waals surface area (Å²) in [6.45, 7) is 7.01. The number of hydrogen-bond acceptors (Lipinski definition) is 4. The van der Waals surface area contributed by atoms with Crippen LogP contribution < -0.4 is 5.32 Å². The smallest absolute Gasteiger partial charge is 0.407 e. The first-order valence-corrected chi connectivity index (χ1v) is 6.77. The number of rotatable bonds is 4. The van der Waals surface area contributed by atoms with Gasteiger partial charge in [0.15, 0.2) is 0 Å². The largest absolute Gasteiger partial charge is 0.444 e. The van der Waals surface area contributed by atoms with Crippen molar-refractivity contribution in [3.05, 3.63) is 21.9 Å². The lowest BCUT2D eigenvalue weighted by atomic mass is 10.2. The fourth-order valence-electron chi connectivity index (χ4n) is 1.39. The number of carbonyl (C=O) groups excluding carboxylic acids is 1. The molecule has 0 bridgehead atoms. The predicted molar refractivity (Wildman–Crippen MR) is 74.8 cm³/mol. The summed E-state index contributed by atoms with van der Waals surface area (Å²) in [4.78, 5) is 16.0. The average molecular weight is 270 g/mol. The van der Waals surface area contributed by atoms with Gasteiger partial charge in [-0.15, -0.1) is 11.3 Å². The lowest BCUT2D eigenvalue weighted by Crippen LogP contribution is -2.31. The van der Waals surface area contributed by atoms with Crippen LogP contribution in [0.5, 0.6) is 0 Å². The molecule has 5 heteroatoms. The van der Waals surface area contributed by atoms with Gasteiger partial charge in [-0.1, -0.05) is 0 Å². The van der Waals surface area contributed by atoms with E-state index in [4.69, 9.17) is 4.74 Å². The van der Waals surface area contributed by atoms with Gasteiger partial charge >= 0.3 is 6.09 Å². The standard InChI is InChI=1S/C13H22N2O2S/c1-13(2,3)17-12(16)14-8-10-6-7-11(18-10)9-15(4)5/h6-7H,8-9H2,1-5H3,(H,14,16). The summed E-state index contributed by atoms with van der Waals surface area (Å²) >= 11 is 1.71. The molecule has 0 saturated carbocycles. The highest BCUT2D eigenvalue weighted by atomic mass is 32.1. The van der Waals surface area contributed by atoms with Crippen LogP contribution in [0.4, 0.5) is 4.79 Å². The van der Waals surface area contributed by atoms with Crippen LogP contribution in [0.15, 0.2) is 12.1 Å². The Kier molecular flexibility index (Phi) is 5.16. The number of thiophene rings is 1. The highest BCUT2D eigenvalue weighted by molar-refractivity contribution is 7.11. The highest BCUT2D eigenvalue weighted by Crippen LogP contribution is 2.17. The van der Waals surface area contributed by atoms with Gasteiger partial charge in [0.25, 0.3) is 0 Å². The minimum atomic E-state index is -0.449. The molecule has 0 spiro atoms. The van der Waals surface area contributed by atoms with Crippen LogP contribution in [0.1, 0.15) is 30.5 Å². The van der Waals surface area contributed by atoms with Crippen LogP contribution in [0.3, 0.4) is 0 Å². The van der Waals surface area contributed by atoms with E-state index < -0.39 is 5.60 Å². The van der Waals surface area contributed by atoms with E-state index >= 15 is 0 Å². The van der Waals surface area contributed by atoms with Crippen molar-refractivity contribution < 1.29 is 9.53 Å². The number of nitrogens with one attached hydrogen (secondary N) is 1. The molecule has 1 heterocycles. The third kappa shape index (κ3) is 6.02. The number of hydrogen-bond donors (Lipinski definition) is 1. The molecule has 18 heavy (non-hydrogen) atoms. The highest BCUT2D eigenvalue weighted by Gasteiger charge is 2.15. The first kappa shape index (κ1) is 15.0. The lowest BCUT2D eigenvalue weighted by Gasteiger charge is -2.19.